The van der Waals surface area contributed by atoms with Gasteiger partial charge in [-0.1, -0.05) is 29.8 Å². The van der Waals surface area contributed by atoms with Crippen molar-refractivity contribution in [3.05, 3.63) is 82.4 Å². The van der Waals surface area contributed by atoms with Gasteiger partial charge in [-0.3, -0.25) is 9.88 Å². The number of carboxylic acid groups (broad SMARTS) is 1. The maximum absolute atomic E-state index is 14.4. The summed E-state index contributed by atoms with van der Waals surface area (Å²) in [4.78, 5) is 17.7. The average molecular weight is 426 g/mol. The summed E-state index contributed by atoms with van der Waals surface area (Å²) in [6.45, 7) is 1.38. The minimum absolute atomic E-state index is 0.0553. The quantitative estimate of drug-likeness (QED) is 0.609. The van der Waals surface area contributed by atoms with Crippen molar-refractivity contribution >= 4 is 23.3 Å². The number of likely N-dealkylation sites (N-methyl/N-ethyl adjacent to an activating group) is 1. The highest BCUT2D eigenvalue weighted by atomic mass is 35.5. The van der Waals surface area contributed by atoms with Crippen LogP contribution in [0.2, 0.25) is 5.02 Å². The molecule has 0 aliphatic carbocycles. The highest BCUT2D eigenvalue weighted by Gasteiger charge is 2.25. The highest BCUT2D eigenvalue weighted by Crippen LogP contribution is 2.34. The number of pyridine rings is 1. The lowest BCUT2D eigenvalue weighted by Crippen LogP contribution is -2.36. The SMILES string of the molecule is CN1CCc2cc(-c3ccc(Cl)cc3F)ccc2[C@H]1CNc1cnccc1C(=O)O. The molecule has 0 radical (unpaired) electrons. The fourth-order valence-electron chi connectivity index (χ4n) is 3.92. The number of aromatic carboxylic acids is 1. The summed E-state index contributed by atoms with van der Waals surface area (Å²) in [6, 6.07) is 12.2. The highest BCUT2D eigenvalue weighted by molar-refractivity contribution is 6.30. The van der Waals surface area contributed by atoms with Crippen LogP contribution in [0.15, 0.2) is 54.9 Å². The zero-order valence-corrected chi connectivity index (χ0v) is 17.2. The Morgan fingerprint density at radius 3 is 2.90 bits per heavy atom. The first-order chi connectivity index (χ1) is 14.4. The zero-order chi connectivity index (χ0) is 21.3. The number of nitrogens with zero attached hydrogens (tertiary/aromatic N) is 2. The lowest BCUT2D eigenvalue weighted by molar-refractivity contribution is 0.0697. The van der Waals surface area contributed by atoms with Gasteiger partial charge in [0, 0.05) is 29.9 Å². The molecule has 2 N–H and O–H groups in total. The fraction of sp³-hybridized carbons (Fsp3) is 0.217. The van der Waals surface area contributed by atoms with Gasteiger partial charge in [0.25, 0.3) is 0 Å². The molecule has 154 valence electrons. The van der Waals surface area contributed by atoms with Crippen LogP contribution in [0.3, 0.4) is 0 Å². The van der Waals surface area contributed by atoms with Gasteiger partial charge in [0.05, 0.1) is 23.5 Å². The molecule has 0 saturated heterocycles. The summed E-state index contributed by atoms with van der Waals surface area (Å²) in [6.07, 6.45) is 3.85. The number of benzene rings is 2. The Morgan fingerprint density at radius 1 is 1.30 bits per heavy atom. The number of hydrogen-bond donors (Lipinski definition) is 2. The molecule has 1 aliphatic heterocycles. The van der Waals surface area contributed by atoms with Crippen molar-refractivity contribution in [3.63, 3.8) is 0 Å². The molecule has 0 amide bonds. The van der Waals surface area contributed by atoms with Gasteiger partial charge in [-0.05, 0) is 54.4 Å². The Kier molecular flexibility index (Phi) is 5.70. The molecule has 0 bridgehead atoms. The molecule has 1 aromatic heterocycles. The second-order valence-corrected chi connectivity index (χ2v) is 7.83. The van der Waals surface area contributed by atoms with E-state index >= 15 is 0 Å². The first-order valence-corrected chi connectivity index (χ1v) is 10.0. The lowest BCUT2D eigenvalue weighted by atomic mass is 9.89. The summed E-state index contributed by atoms with van der Waals surface area (Å²) in [5, 5.41) is 13.0. The Labute approximate surface area is 179 Å². The van der Waals surface area contributed by atoms with E-state index in [1.807, 2.05) is 25.2 Å². The van der Waals surface area contributed by atoms with Crippen LogP contribution in [-0.2, 0) is 6.42 Å². The van der Waals surface area contributed by atoms with E-state index in [4.69, 9.17) is 11.6 Å². The molecule has 2 heterocycles. The minimum atomic E-state index is -0.994. The monoisotopic (exact) mass is 425 g/mol. The number of rotatable bonds is 5. The molecule has 30 heavy (non-hydrogen) atoms. The number of carbonyl (C=O) groups is 1. The molecule has 5 nitrogen and oxygen atoms in total. The van der Waals surface area contributed by atoms with Crippen LogP contribution in [0, 0.1) is 5.82 Å². The Hall–Kier alpha value is -2.96. The summed E-state index contributed by atoms with van der Waals surface area (Å²) < 4.78 is 14.4. The molecule has 0 saturated carbocycles. The summed E-state index contributed by atoms with van der Waals surface area (Å²) in [5.74, 6) is -1.33. The van der Waals surface area contributed by atoms with Crippen molar-refractivity contribution in [2.45, 2.75) is 12.5 Å². The van der Waals surface area contributed by atoms with Crippen LogP contribution in [-0.4, -0.2) is 41.1 Å². The van der Waals surface area contributed by atoms with Crippen molar-refractivity contribution in [2.24, 2.45) is 0 Å². The molecular weight excluding hydrogens is 405 g/mol. The van der Waals surface area contributed by atoms with Crippen molar-refractivity contribution in [1.29, 1.82) is 0 Å². The Balaban J connectivity index is 1.61. The van der Waals surface area contributed by atoms with Gasteiger partial charge in [-0.25, -0.2) is 9.18 Å². The number of hydrogen-bond acceptors (Lipinski definition) is 4. The molecule has 0 unspecified atom stereocenters. The summed E-state index contributed by atoms with van der Waals surface area (Å²) >= 11 is 5.88. The van der Waals surface area contributed by atoms with Crippen LogP contribution in [0.25, 0.3) is 11.1 Å². The molecule has 0 spiro atoms. The second-order valence-electron chi connectivity index (χ2n) is 7.39. The van der Waals surface area contributed by atoms with Crippen molar-refractivity contribution in [2.75, 3.05) is 25.5 Å². The van der Waals surface area contributed by atoms with E-state index in [-0.39, 0.29) is 17.4 Å². The third-order valence-corrected chi connectivity index (χ3v) is 5.78. The minimum Gasteiger partial charge on any atom is -0.478 e. The van der Waals surface area contributed by atoms with Gasteiger partial charge >= 0.3 is 5.97 Å². The van der Waals surface area contributed by atoms with E-state index in [2.05, 4.69) is 15.2 Å². The summed E-state index contributed by atoms with van der Waals surface area (Å²) in [7, 11) is 2.05. The molecule has 3 aromatic rings. The molecule has 2 aromatic carbocycles. The van der Waals surface area contributed by atoms with E-state index in [9.17, 15) is 14.3 Å². The maximum Gasteiger partial charge on any atom is 0.337 e. The third-order valence-electron chi connectivity index (χ3n) is 5.55. The van der Waals surface area contributed by atoms with E-state index in [0.29, 0.717) is 22.8 Å². The normalized spacial score (nSPS) is 16.2. The molecular formula is C23H21ClFN3O2. The van der Waals surface area contributed by atoms with E-state index in [0.717, 1.165) is 29.7 Å². The average Bonchev–Trinajstić information content (AvgIpc) is 2.73. The summed E-state index contributed by atoms with van der Waals surface area (Å²) in [5.41, 5.74) is 4.34. The van der Waals surface area contributed by atoms with Crippen LogP contribution in [0.1, 0.15) is 27.5 Å². The first-order valence-electron chi connectivity index (χ1n) is 9.63. The predicted molar refractivity (Wildman–Crippen MR) is 116 cm³/mol. The first kappa shape index (κ1) is 20.3. The molecule has 1 atom stereocenters. The number of anilines is 1. The number of fused-ring (bicyclic) bond motifs is 1. The fourth-order valence-corrected chi connectivity index (χ4v) is 4.08. The van der Waals surface area contributed by atoms with Crippen LogP contribution in [0.4, 0.5) is 10.1 Å². The van der Waals surface area contributed by atoms with E-state index in [1.165, 1.54) is 24.5 Å². The Morgan fingerprint density at radius 2 is 2.13 bits per heavy atom. The maximum atomic E-state index is 14.4. The van der Waals surface area contributed by atoms with Crippen molar-refractivity contribution in [1.82, 2.24) is 9.88 Å². The van der Waals surface area contributed by atoms with E-state index in [1.54, 1.807) is 12.1 Å². The van der Waals surface area contributed by atoms with Gasteiger partial charge in [0.2, 0.25) is 0 Å². The van der Waals surface area contributed by atoms with Gasteiger partial charge in [-0.15, -0.1) is 0 Å². The molecule has 4 rings (SSSR count). The predicted octanol–water partition coefficient (Wildman–Crippen LogP) is 4.88. The largest absolute Gasteiger partial charge is 0.478 e. The van der Waals surface area contributed by atoms with Gasteiger partial charge in [-0.2, -0.15) is 0 Å². The van der Waals surface area contributed by atoms with Crippen LogP contribution in [0.5, 0.6) is 0 Å². The number of carboxylic acids is 1. The van der Waals surface area contributed by atoms with E-state index < -0.39 is 5.97 Å². The van der Waals surface area contributed by atoms with Crippen molar-refractivity contribution in [3.8, 4) is 11.1 Å². The topological polar surface area (TPSA) is 65.5 Å². The van der Waals surface area contributed by atoms with Crippen LogP contribution >= 0.6 is 11.6 Å². The lowest BCUT2D eigenvalue weighted by Gasteiger charge is -2.35. The zero-order valence-electron chi connectivity index (χ0n) is 16.4. The number of halogens is 2. The van der Waals surface area contributed by atoms with Gasteiger partial charge in [0.1, 0.15) is 5.82 Å². The number of nitrogens with one attached hydrogen (secondary N) is 1. The van der Waals surface area contributed by atoms with Gasteiger partial charge < -0.3 is 10.4 Å². The third kappa shape index (κ3) is 4.01. The Bertz CT molecular complexity index is 1110. The van der Waals surface area contributed by atoms with Gasteiger partial charge in [0.15, 0.2) is 0 Å². The van der Waals surface area contributed by atoms with Crippen molar-refractivity contribution < 1.29 is 14.3 Å². The molecule has 1 aliphatic rings. The standard InChI is InChI=1S/C23H21ClFN3O2/c1-28-9-7-15-10-14(17-5-3-16(24)11-20(17)25)2-4-18(15)22(28)13-27-21-12-26-8-6-19(21)23(29)30/h2-6,8,10-12,22,27H,7,9,13H2,1H3,(H,29,30)/t22-/m1/s1. The molecule has 7 heteroatoms. The molecule has 0 fully saturated rings. The number of aromatic nitrogens is 1. The smallest absolute Gasteiger partial charge is 0.337 e. The second kappa shape index (κ2) is 8.42. The van der Waals surface area contributed by atoms with Crippen LogP contribution < -0.4 is 5.32 Å².